The molecule has 0 radical (unpaired) electrons. The predicted molar refractivity (Wildman–Crippen MR) is 185 cm³/mol. The van der Waals surface area contributed by atoms with Crippen molar-refractivity contribution >= 4 is 55.5 Å². The van der Waals surface area contributed by atoms with Gasteiger partial charge in [-0.15, -0.1) is 21.9 Å². The van der Waals surface area contributed by atoms with E-state index in [0.717, 1.165) is 0 Å². The van der Waals surface area contributed by atoms with Crippen molar-refractivity contribution in [1.29, 1.82) is 0 Å². The fraction of sp³-hybridized carbons (Fsp3) is 0.0513. The minimum Gasteiger partial charge on any atom is -0.293 e. The van der Waals surface area contributed by atoms with Crippen LogP contribution >= 0.6 is 15.9 Å². The molecule has 0 spiro atoms. The van der Waals surface area contributed by atoms with Crippen molar-refractivity contribution in [1.82, 2.24) is 0 Å². The number of halogens is 21. The summed E-state index contributed by atoms with van der Waals surface area (Å²) in [6.07, 6.45) is -3.72. The first-order chi connectivity index (χ1) is 29.9. The Morgan fingerprint density at radius 3 is 0.844 bits per heavy atom. The molecular formula is C39H13BBrF20NO2. The molecule has 0 N–H and O–H groups in total. The largest absolute Gasteiger partial charge is 0.293 e. The second-order valence-electron chi connectivity index (χ2n) is 12.9. The van der Waals surface area contributed by atoms with Crippen LogP contribution in [0.5, 0.6) is 0 Å². The number of carbonyl (C=O) groups excluding carboxylic acids is 2. The lowest BCUT2D eigenvalue weighted by molar-refractivity contribution is -0.683. The molecule has 1 aromatic heterocycles. The monoisotopic (exact) mass is 997 g/mol. The number of benzene rings is 5. The molecule has 1 heterocycles. The fourth-order valence-electron chi connectivity index (χ4n) is 6.58. The van der Waals surface area contributed by atoms with Gasteiger partial charge in [-0.25, -0.2) is 87.8 Å². The van der Waals surface area contributed by atoms with E-state index in [1.807, 2.05) is 18.2 Å². The second kappa shape index (κ2) is 18.5. The van der Waals surface area contributed by atoms with Gasteiger partial charge in [-0.2, -0.15) is 4.57 Å². The van der Waals surface area contributed by atoms with E-state index >= 15 is 35.1 Å². The number of carbonyl (C=O) groups is 2. The fourth-order valence-corrected chi connectivity index (χ4v) is 6.90. The first-order valence-corrected chi connectivity index (χ1v) is 17.9. The van der Waals surface area contributed by atoms with Gasteiger partial charge in [0.25, 0.3) is 0 Å². The molecule has 336 valence electrons. The van der Waals surface area contributed by atoms with Gasteiger partial charge in [0.1, 0.15) is 52.7 Å². The van der Waals surface area contributed by atoms with Crippen molar-refractivity contribution in [3.63, 3.8) is 0 Å². The maximum Gasteiger partial charge on any atom is 0.227 e. The number of Topliss-reactive ketones (excluding diaryl/α,β-unsaturated/α-hetero) is 2. The maximum atomic E-state index is 15.4. The van der Waals surface area contributed by atoms with E-state index in [4.69, 9.17) is 0 Å². The highest BCUT2D eigenvalue weighted by atomic mass is 79.9. The van der Waals surface area contributed by atoms with Gasteiger partial charge < -0.3 is 0 Å². The summed E-state index contributed by atoms with van der Waals surface area (Å²) in [5.74, 6) is -71.3. The van der Waals surface area contributed by atoms with Crippen molar-refractivity contribution in [3.05, 3.63) is 182 Å². The van der Waals surface area contributed by atoms with Gasteiger partial charge in [-0.1, -0.05) is 46.3 Å². The average Bonchev–Trinajstić information content (AvgIpc) is 3.29. The van der Waals surface area contributed by atoms with E-state index < -0.39 is 144 Å². The lowest BCUT2D eigenvalue weighted by Crippen LogP contribution is -2.81. The number of hydrogen-bond acceptors (Lipinski definition) is 2. The van der Waals surface area contributed by atoms with Gasteiger partial charge in [0.2, 0.25) is 12.3 Å². The van der Waals surface area contributed by atoms with Crippen molar-refractivity contribution < 1.29 is 102 Å². The van der Waals surface area contributed by atoms with Crippen molar-refractivity contribution in [2.24, 2.45) is 0 Å². The molecule has 64 heavy (non-hydrogen) atoms. The number of aromatic nitrogens is 1. The minimum atomic E-state index is -7.22. The molecule has 0 atom stereocenters. The van der Waals surface area contributed by atoms with Crippen LogP contribution in [0, 0.1) is 116 Å². The van der Waals surface area contributed by atoms with Crippen LogP contribution in [0.2, 0.25) is 0 Å². The second-order valence-corrected chi connectivity index (χ2v) is 13.5. The van der Waals surface area contributed by atoms with Crippen LogP contribution in [0.25, 0.3) is 0 Å². The summed E-state index contributed by atoms with van der Waals surface area (Å²) in [4.78, 5) is 23.4. The maximum absolute atomic E-state index is 15.4. The van der Waals surface area contributed by atoms with E-state index in [2.05, 4.69) is 15.9 Å². The Bertz CT molecular complexity index is 2500. The summed E-state index contributed by atoms with van der Waals surface area (Å²) >= 11 is 3.13. The third-order valence-electron chi connectivity index (χ3n) is 9.46. The zero-order valence-electron chi connectivity index (χ0n) is 30.4. The third kappa shape index (κ3) is 7.86. The van der Waals surface area contributed by atoms with E-state index in [1.165, 1.54) is 0 Å². The van der Waals surface area contributed by atoms with Gasteiger partial charge in [0.05, 0.1) is 5.33 Å². The summed E-state index contributed by atoms with van der Waals surface area (Å²) in [7, 11) is 0. The molecule has 0 bridgehead atoms. The highest BCUT2D eigenvalue weighted by Crippen LogP contribution is 2.30. The van der Waals surface area contributed by atoms with E-state index in [1.54, 1.807) is 41.2 Å². The van der Waals surface area contributed by atoms with Crippen molar-refractivity contribution in [2.75, 3.05) is 5.33 Å². The predicted octanol–water partition coefficient (Wildman–Crippen LogP) is 8.28. The molecular weight excluding hydrogens is 985 g/mol. The lowest BCUT2D eigenvalue weighted by atomic mass is 9.12. The van der Waals surface area contributed by atoms with Crippen molar-refractivity contribution in [3.8, 4) is 0 Å². The number of hydrogen-bond donors (Lipinski definition) is 0. The molecule has 0 saturated carbocycles. The van der Waals surface area contributed by atoms with Crippen LogP contribution in [0.3, 0.4) is 0 Å². The molecule has 0 saturated heterocycles. The summed E-state index contributed by atoms with van der Waals surface area (Å²) in [5.41, 5.74) is -13.0. The zero-order valence-corrected chi connectivity index (χ0v) is 32.0. The quantitative estimate of drug-likeness (QED) is 0.0279. The van der Waals surface area contributed by atoms with E-state index in [0.29, 0.717) is 16.5 Å². The standard InChI is InChI=1S/C24BF20.C15H13BrNO2/c26-5-1(6(27)14(35)21(42)13(5)34)25(2-7(28)15(36)22(43)16(37)8(2)29,3-9(30)17(38)23(44)18(39)10(3)31)4-11(32)19(40)24(45)20(41)12(4)33;16-10-14(18)13-6-8-17(9-7-13)11-15(19)12-4-2-1-3-5-12/h;1-9H,10-11H2/q-1;+1. The first kappa shape index (κ1) is 48.8. The van der Waals surface area contributed by atoms with Crippen LogP contribution in [0.4, 0.5) is 87.8 Å². The van der Waals surface area contributed by atoms with Gasteiger partial charge in [-0.3, -0.25) is 9.59 Å². The Labute approximate surface area is 351 Å². The molecule has 0 aliphatic carbocycles. The third-order valence-corrected chi connectivity index (χ3v) is 9.97. The molecule has 0 fully saturated rings. The Morgan fingerprint density at radius 1 is 0.359 bits per heavy atom. The van der Waals surface area contributed by atoms with Crippen LogP contribution in [0.15, 0.2) is 54.9 Å². The Kier molecular flexibility index (Phi) is 14.1. The number of rotatable bonds is 9. The number of pyridine rings is 1. The summed E-state index contributed by atoms with van der Waals surface area (Å²) < 4.78 is 296. The summed E-state index contributed by atoms with van der Waals surface area (Å²) in [5, 5.41) is 0.306. The minimum absolute atomic E-state index is 0.0292. The molecule has 25 heteroatoms. The van der Waals surface area contributed by atoms with Gasteiger partial charge in [0.15, 0.2) is 88.0 Å². The SMILES string of the molecule is Fc1c(F)c(F)c([B-](c2c(F)c(F)c(F)c(F)c2F)(c2c(F)c(F)c(F)c(F)c2F)c2c(F)c(F)c(F)c(F)c2F)c(F)c1F.O=C(CBr)c1cc[n+](CC(=O)c2ccccc2)cc1. The highest BCUT2D eigenvalue weighted by Gasteiger charge is 2.52. The number of alkyl halides is 1. The first-order valence-electron chi connectivity index (χ1n) is 16.8. The Balaban J connectivity index is 0.000000337. The highest BCUT2D eigenvalue weighted by molar-refractivity contribution is 9.09. The average molecular weight is 998 g/mol. The topological polar surface area (TPSA) is 38.0 Å². The summed E-state index contributed by atoms with van der Waals surface area (Å²) in [6.45, 7) is 0.271. The molecule has 0 unspecified atom stereocenters. The Morgan fingerprint density at radius 2 is 0.594 bits per heavy atom. The van der Waals surface area contributed by atoms with Gasteiger partial charge in [0, 0.05) is 23.3 Å². The number of ketones is 2. The number of nitrogens with zero attached hydrogens (tertiary/aromatic N) is 1. The van der Waals surface area contributed by atoms with Crippen LogP contribution in [-0.2, 0) is 6.54 Å². The smallest absolute Gasteiger partial charge is 0.227 e. The van der Waals surface area contributed by atoms with Crippen LogP contribution in [0.1, 0.15) is 20.7 Å². The van der Waals surface area contributed by atoms with Gasteiger partial charge >= 0.3 is 0 Å². The van der Waals surface area contributed by atoms with Gasteiger partial charge in [-0.05, 0) is 0 Å². The molecule has 3 nitrogen and oxygen atoms in total. The van der Waals surface area contributed by atoms with E-state index in [9.17, 15) is 62.3 Å². The van der Waals surface area contributed by atoms with E-state index in [-0.39, 0.29) is 18.1 Å². The molecule has 0 amide bonds. The summed E-state index contributed by atoms with van der Waals surface area (Å²) in [6, 6.07) is 12.6. The zero-order chi connectivity index (χ0) is 48.0. The normalized spacial score (nSPS) is 11.5. The molecule has 5 aromatic carbocycles. The molecule has 6 aromatic rings. The molecule has 0 aliphatic rings. The lowest BCUT2D eigenvalue weighted by Gasteiger charge is -2.44. The van der Waals surface area contributed by atoms with Crippen LogP contribution in [-0.4, -0.2) is 23.0 Å². The molecule has 6 rings (SSSR count). The van der Waals surface area contributed by atoms with Crippen LogP contribution < -0.4 is 26.4 Å². The molecule has 0 aliphatic heterocycles. The Hall–Kier alpha value is -6.27. The van der Waals surface area contributed by atoms with Crippen molar-refractivity contribution in [2.45, 2.75) is 6.54 Å².